The fourth-order valence-corrected chi connectivity index (χ4v) is 2.30. The van der Waals surface area contributed by atoms with Crippen molar-refractivity contribution >= 4 is 11.9 Å². The van der Waals surface area contributed by atoms with Crippen molar-refractivity contribution < 1.29 is 30.0 Å². The highest BCUT2D eigenvalue weighted by atomic mass is 16.4. The van der Waals surface area contributed by atoms with E-state index in [9.17, 15) is 19.8 Å². The zero-order valence-electron chi connectivity index (χ0n) is 14.6. The summed E-state index contributed by atoms with van der Waals surface area (Å²) >= 11 is 0. The van der Waals surface area contributed by atoms with Gasteiger partial charge in [0.25, 0.3) is 0 Å². The first kappa shape index (κ1) is 22.3. The van der Waals surface area contributed by atoms with Crippen LogP contribution in [0.5, 0.6) is 0 Å². The second-order valence-electron chi connectivity index (χ2n) is 6.14. The molecule has 0 aliphatic rings. The van der Waals surface area contributed by atoms with Crippen LogP contribution in [0.1, 0.15) is 65.2 Å². The van der Waals surface area contributed by atoms with E-state index in [-0.39, 0.29) is 11.1 Å². The molecule has 4 N–H and O–H groups in total. The van der Waals surface area contributed by atoms with Crippen molar-refractivity contribution in [1.29, 1.82) is 0 Å². The lowest BCUT2D eigenvalue weighted by atomic mass is 10.0. The summed E-state index contributed by atoms with van der Waals surface area (Å²) in [6.45, 7) is 2.93. The highest BCUT2D eigenvalue weighted by molar-refractivity contribution is 5.86. The fourth-order valence-electron chi connectivity index (χ4n) is 2.30. The molecule has 6 heteroatoms. The zero-order chi connectivity index (χ0) is 18.5. The van der Waals surface area contributed by atoms with Gasteiger partial charge in [0.1, 0.15) is 0 Å². The van der Waals surface area contributed by atoms with Crippen LogP contribution in [0.4, 0.5) is 0 Å². The first-order valence-electron chi connectivity index (χ1n) is 8.43. The van der Waals surface area contributed by atoms with Crippen LogP contribution in [0.2, 0.25) is 0 Å². The topological polar surface area (TPSA) is 115 Å². The molecule has 0 spiro atoms. The quantitative estimate of drug-likeness (QED) is 0.302. The molecule has 24 heavy (non-hydrogen) atoms. The molecule has 0 rings (SSSR count). The normalized spacial score (nSPS) is 15.2. The van der Waals surface area contributed by atoms with Crippen LogP contribution in [0.25, 0.3) is 0 Å². The number of unbranched alkanes of at least 4 members (excludes halogenated alkanes) is 5. The largest absolute Gasteiger partial charge is 0.478 e. The standard InChI is InChI=1S/C18H30O6/c1-13(17(21)22)11-15(19)9-7-5-3-4-6-8-10-16(20)12-14(2)18(23)24/h11-12,15-16,19-20H,3-10H2,1-2H3,(H,21,22)(H,23,24). The van der Waals surface area contributed by atoms with Gasteiger partial charge >= 0.3 is 11.9 Å². The van der Waals surface area contributed by atoms with Gasteiger partial charge in [-0.05, 0) is 38.8 Å². The minimum Gasteiger partial charge on any atom is -0.478 e. The van der Waals surface area contributed by atoms with Gasteiger partial charge < -0.3 is 20.4 Å². The molecule has 0 radical (unpaired) electrons. The van der Waals surface area contributed by atoms with Crippen molar-refractivity contribution in [3.05, 3.63) is 23.3 Å². The number of hydrogen-bond acceptors (Lipinski definition) is 4. The van der Waals surface area contributed by atoms with Crippen molar-refractivity contribution in [3.8, 4) is 0 Å². The number of hydrogen-bond donors (Lipinski definition) is 4. The van der Waals surface area contributed by atoms with Gasteiger partial charge in [-0.3, -0.25) is 0 Å². The molecule has 0 aliphatic carbocycles. The Morgan fingerprint density at radius 1 is 0.708 bits per heavy atom. The molecule has 0 fully saturated rings. The first-order valence-corrected chi connectivity index (χ1v) is 8.43. The van der Waals surface area contributed by atoms with Crippen molar-refractivity contribution in [2.75, 3.05) is 0 Å². The van der Waals surface area contributed by atoms with Crippen LogP contribution >= 0.6 is 0 Å². The second-order valence-corrected chi connectivity index (χ2v) is 6.14. The van der Waals surface area contributed by atoms with E-state index in [1.54, 1.807) is 0 Å². The third kappa shape index (κ3) is 11.8. The van der Waals surface area contributed by atoms with E-state index in [0.29, 0.717) is 12.8 Å². The molecule has 0 saturated heterocycles. The summed E-state index contributed by atoms with van der Waals surface area (Å²) in [7, 11) is 0. The van der Waals surface area contributed by atoms with Gasteiger partial charge in [0.2, 0.25) is 0 Å². The molecule has 0 heterocycles. The lowest BCUT2D eigenvalue weighted by Gasteiger charge is -2.08. The molecule has 0 bridgehead atoms. The van der Waals surface area contributed by atoms with E-state index in [4.69, 9.17) is 10.2 Å². The third-order valence-corrected chi connectivity index (χ3v) is 3.81. The van der Waals surface area contributed by atoms with Crippen molar-refractivity contribution in [2.24, 2.45) is 0 Å². The minimum atomic E-state index is -1.01. The Balaban J connectivity index is 3.65. The molecule has 0 saturated carbocycles. The summed E-state index contributed by atoms with van der Waals surface area (Å²) in [6.07, 6.45) is 8.11. The number of carboxylic acid groups (broad SMARTS) is 2. The molecule has 2 atom stereocenters. The number of rotatable bonds is 13. The van der Waals surface area contributed by atoms with Crippen molar-refractivity contribution in [3.63, 3.8) is 0 Å². The molecule has 2 unspecified atom stereocenters. The molecule has 6 nitrogen and oxygen atoms in total. The number of carbonyl (C=O) groups is 2. The number of aliphatic carboxylic acids is 2. The van der Waals surface area contributed by atoms with E-state index < -0.39 is 24.1 Å². The van der Waals surface area contributed by atoms with Gasteiger partial charge in [0, 0.05) is 11.1 Å². The van der Waals surface area contributed by atoms with Gasteiger partial charge in [-0.15, -0.1) is 0 Å². The van der Waals surface area contributed by atoms with E-state index in [1.165, 1.54) is 26.0 Å². The second kappa shape index (κ2) is 12.7. The summed E-state index contributed by atoms with van der Waals surface area (Å²) in [4.78, 5) is 21.2. The summed E-state index contributed by atoms with van der Waals surface area (Å²) in [5.74, 6) is -2.02. The Kier molecular flexibility index (Phi) is 11.8. The van der Waals surface area contributed by atoms with Crippen LogP contribution in [-0.2, 0) is 9.59 Å². The average Bonchev–Trinajstić information content (AvgIpc) is 2.49. The van der Waals surface area contributed by atoms with Crippen molar-refractivity contribution in [2.45, 2.75) is 77.4 Å². The molecule has 0 aromatic heterocycles. The third-order valence-electron chi connectivity index (χ3n) is 3.81. The predicted molar refractivity (Wildman–Crippen MR) is 91.7 cm³/mol. The highest BCUT2D eigenvalue weighted by Crippen LogP contribution is 2.13. The SMILES string of the molecule is CC(=CC(O)CCCCCCCCC(O)C=C(C)C(=O)O)C(=O)O. The van der Waals surface area contributed by atoms with Gasteiger partial charge in [0.05, 0.1) is 12.2 Å². The molecule has 138 valence electrons. The minimum absolute atomic E-state index is 0.160. The van der Waals surface area contributed by atoms with Crippen LogP contribution < -0.4 is 0 Å². The molecule has 0 aromatic rings. The van der Waals surface area contributed by atoms with Crippen LogP contribution in [0.3, 0.4) is 0 Å². The lowest BCUT2D eigenvalue weighted by Crippen LogP contribution is -2.07. The van der Waals surface area contributed by atoms with Gasteiger partial charge in [-0.25, -0.2) is 9.59 Å². The fraction of sp³-hybridized carbons (Fsp3) is 0.667. The number of aliphatic hydroxyl groups is 2. The van der Waals surface area contributed by atoms with E-state index in [2.05, 4.69) is 0 Å². The maximum absolute atomic E-state index is 10.6. The monoisotopic (exact) mass is 342 g/mol. The average molecular weight is 342 g/mol. The maximum Gasteiger partial charge on any atom is 0.331 e. The van der Waals surface area contributed by atoms with Gasteiger partial charge in [0.15, 0.2) is 0 Å². The van der Waals surface area contributed by atoms with E-state index in [1.807, 2.05) is 0 Å². The zero-order valence-corrected chi connectivity index (χ0v) is 14.6. The Morgan fingerprint density at radius 2 is 1.00 bits per heavy atom. The van der Waals surface area contributed by atoms with Crippen LogP contribution in [0.15, 0.2) is 23.3 Å². The predicted octanol–water partition coefficient (Wildman–Crippen LogP) is 2.89. The molecule has 0 aromatic carbocycles. The Morgan fingerprint density at radius 3 is 1.29 bits per heavy atom. The number of carboxylic acids is 2. The van der Waals surface area contributed by atoms with Crippen molar-refractivity contribution in [1.82, 2.24) is 0 Å². The maximum atomic E-state index is 10.6. The van der Waals surface area contributed by atoms with Gasteiger partial charge in [-0.1, -0.05) is 38.5 Å². The van der Waals surface area contributed by atoms with E-state index >= 15 is 0 Å². The van der Waals surface area contributed by atoms with Crippen LogP contribution in [-0.4, -0.2) is 44.6 Å². The number of aliphatic hydroxyl groups excluding tert-OH is 2. The summed E-state index contributed by atoms with van der Waals surface area (Å²) in [5, 5.41) is 36.7. The Bertz CT molecular complexity index is 410. The Labute approximate surface area is 143 Å². The van der Waals surface area contributed by atoms with Crippen LogP contribution in [0, 0.1) is 0 Å². The van der Waals surface area contributed by atoms with Gasteiger partial charge in [-0.2, -0.15) is 0 Å². The first-order chi connectivity index (χ1) is 11.2. The highest BCUT2D eigenvalue weighted by Gasteiger charge is 2.06. The smallest absolute Gasteiger partial charge is 0.331 e. The Hall–Kier alpha value is -1.66. The van der Waals surface area contributed by atoms with E-state index in [0.717, 1.165) is 38.5 Å². The summed E-state index contributed by atoms with van der Waals surface area (Å²) in [6, 6.07) is 0. The summed E-state index contributed by atoms with van der Waals surface area (Å²) in [5.41, 5.74) is 0.321. The molecule has 0 amide bonds. The molecule has 0 aliphatic heterocycles. The lowest BCUT2D eigenvalue weighted by molar-refractivity contribution is -0.133. The summed E-state index contributed by atoms with van der Waals surface area (Å²) < 4.78 is 0. The molecular formula is C18H30O6. The molecular weight excluding hydrogens is 312 g/mol.